The number of nitrogens with zero attached hydrogens (tertiary/aromatic N) is 5. The Morgan fingerprint density at radius 2 is 2.00 bits per heavy atom. The fourth-order valence-corrected chi connectivity index (χ4v) is 2.25. The zero-order valence-corrected chi connectivity index (χ0v) is 12.9. The monoisotopic (exact) mass is 332 g/mol. The lowest BCUT2D eigenvalue weighted by molar-refractivity contribution is 0.101. The predicted molar refractivity (Wildman–Crippen MR) is 89.0 cm³/mol. The topological polar surface area (TPSA) is 98.7 Å². The van der Waals surface area contributed by atoms with Crippen LogP contribution >= 0.6 is 0 Å². The van der Waals surface area contributed by atoms with E-state index in [1.54, 1.807) is 35.4 Å². The minimum absolute atomic E-state index is 0.168. The van der Waals surface area contributed by atoms with Crippen LogP contribution in [0.15, 0.2) is 72.0 Å². The summed E-state index contributed by atoms with van der Waals surface area (Å²) in [6.07, 6.45) is 6.36. The predicted octanol–water partition coefficient (Wildman–Crippen LogP) is 2.57. The van der Waals surface area contributed by atoms with Crippen molar-refractivity contribution in [3.63, 3.8) is 0 Å². The van der Waals surface area contributed by atoms with Gasteiger partial charge in [-0.15, -0.1) is 0 Å². The van der Waals surface area contributed by atoms with Crippen LogP contribution < -0.4 is 5.32 Å². The number of nitrogens with one attached hydrogen (secondary N) is 1. The molecule has 0 fully saturated rings. The minimum atomic E-state index is -0.416. The van der Waals surface area contributed by atoms with Gasteiger partial charge in [0.15, 0.2) is 11.5 Å². The fraction of sp³-hybridized carbons (Fsp3) is 0. The quantitative estimate of drug-likeness (QED) is 0.616. The third kappa shape index (κ3) is 3.13. The number of hydrogen-bond acceptors (Lipinski definition) is 6. The van der Waals surface area contributed by atoms with Crippen molar-refractivity contribution >= 4 is 11.7 Å². The largest absolute Gasteiger partial charge is 0.355 e. The average molecular weight is 332 g/mol. The number of anilines is 1. The van der Waals surface area contributed by atoms with E-state index in [9.17, 15) is 4.79 Å². The Labute approximate surface area is 142 Å². The molecule has 8 nitrogen and oxygen atoms in total. The molecule has 0 aliphatic heterocycles. The smallest absolute Gasteiger partial charge is 0.279 e. The highest BCUT2D eigenvalue weighted by atomic mass is 16.5. The number of carbonyl (C=O) groups excluding carboxylic acids is 1. The van der Waals surface area contributed by atoms with Gasteiger partial charge in [0, 0.05) is 30.1 Å². The highest BCUT2D eigenvalue weighted by molar-refractivity contribution is 6.02. The summed E-state index contributed by atoms with van der Waals surface area (Å²) in [5, 5.41) is 6.49. The number of aromatic nitrogens is 5. The first-order chi connectivity index (χ1) is 12.3. The molecule has 1 aromatic carbocycles. The Kier molecular flexibility index (Phi) is 3.76. The first kappa shape index (κ1) is 14.8. The van der Waals surface area contributed by atoms with Gasteiger partial charge in [-0.2, -0.15) is 0 Å². The van der Waals surface area contributed by atoms with Gasteiger partial charge in [0.2, 0.25) is 0 Å². The molecule has 0 aliphatic carbocycles. The van der Waals surface area contributed by atoms with Crippen LogP contribution in [0.3, 0.4) is 0 Å². The summed E-state index contributed by atoms with van der Waals surface area (Å²) in [6.45, 7) is 0. The van der Waals surface area contributed by atoms with E-state index in [4.69, 9.17) is 4.52 Å². The molecule has 4 aromatic rings. The van der Waals surface area contributed by atoms with Crippen molar-refractivity contribution in [2.45, 2.75) is 0 Å². The lowest BCUT2D eigenvalue weighted by atomic mass is 10.1. The van der Waals surface area contributed by atoms with Crippen molar-refractivity contribution < 1.29 is 9.32 Å². The van der Waals surface area contributed by atoms with Gasteiger partial charge in [0.25, 0.3) is 5.91 Å². The highest BCUT2D eigenvalue weighted by Crippen LogP contribution is 2.20. The molecule has 1 N–H and O–H groups in total. The molecule has 25 heavy (non-hydrogen) atoms. The molecule has 1 amide bonds. The molecule has 0 bridgehead atoms. The van der Waals surface area contributed by atoms with Crippen LogP contribution in [0.25, 0.3) is 17.1 Å². The highest BCUT2D eigenvalue weighted by Gasteiger charge is 2.14. The van der Waals surface area contributed by atoms with Crippen LogP contribution in [0.5, 0.6) is 0 Å². The molecule has 4 rings (SSSR count). The molecule has 122 valence electrons. The minimum Gasteiger partial charge on any atom is -0.355 e. The summed E-state index contributed by atoms with van der Waals surface area (Å²) >= 11 is 0. The second-order valence-electron chi connectivity index (χ2n) is 5.13. The van der Waals surface area contributed by atoms with E-state index in [1.165, 1.54) is 6.33 Å². The van der Waals surface area contributed by atoms with E-state index < -0.39 is 5.91 Å². The van der Waals surface area contributed by atoms with Crippen molar-refractivity contribution in [2.24, 2.45) is 0 Å². The van der Waals surface area contributed by atoms with Crippen LogP contribution in [0.4, 0.5) is 5.82 Å². The maximum absolute atomic E-state index is 12.3. The zero-order valence-electron chi connectivity index (χ0n) is 12.9. The summed E-state index contributed by atoms with van der Waals surface area (Å²) in [6, 6.07) is 12.7. The molecular weight excluding hydrogens is 320 g/mol. The van der Waals surface area contributed by atoms with E-state index in [0.29, 0.717) is 17.4 Å². The second-order valence-corrected chi connectivity index (χ2v) is 5.13. The lowest BCUT2D eigenvalue weighted by Crippen LogP contribution is -2.13. The third-order valence-corrected chi connectivity index (χ3v) is 3.46. The molecule has 3 heterocycles. The van der Waals surface area contributed by atoms with Crippen molar-refractivity contribution in [3.05, 3.63) is 73.2 Å². The molecule has 0 spiro atoms. The van der Waals surface area contributed by atoms with E-state index in [-0.39, 0.29) is 5.69 Å². The molecule has 0 aliphatic rings. The molecule has 8 heteroatoms. The fourth-order valence-electron chi connectivity index (χ4n) is 2.25. The van der Waals surface area contributed by atoms with E-state index in [1.807, 2.05) is 30.3 Å². The van der Waals surface area contributed by atoms with Gasteiger partial charge in [-0.1, -0.05) is 35.5 Å². The number of imidazole rings is 1. The number of amides is 1. The van der Waals surface area contributed by atoms with Crippen LogP contribution in [0, 0.1) is 0 Å². The van der Waals surface area contributed by atoms with Gasteiger partial charge in [0.05, 0.1) is 0 Å². The van der Waals surface area contributed by atoms with Crippen LogP contribution in [-0.4, -0.2) is 30.6 Å². The van der Waals surface area contributed by atoms with Crippen molar-refractivity contribution in [1.82, 2.24) is 24.7 Å². The van der Waals surface area contributed by atoms with E-state index >= 15 is 0 Å². The number of hydrogen-bond donors (Lipinski definition) is 1. The van der Waals surface area contributed by atoms with E-state index in [0.717, 1.165) is 5.56 Å². The van der Waals surface area contributed by atoms with Gasteiger partial charge in [-0.25, -0.2) is 15.0 Å². The van der Waals surface area contributed by atoms with Gasteiger partial charge < -0.3 is 9.84 Å². The number of carbonyl (C=O) groups is 1. The second kappa shape index (κ2) is 6.36. The summed E-state index contributed by atoms with van der Waals surface area (Å²) in [5.41, 5.74) is 1.01. The van der Waals surface area contributed by atoms with Crippen molar-refractivity contribution in [3.8, 4) is 17.1 Å². The number of benzene rings is 1. The number of rotatable bonds is 4. The summed E-state index contributed by atoms with van der Waals surface area (Å²) in [7, 11) is 0. The lowest BCUT2D eigenvalue weighted by Gasteiger charge is -2.04. The van der Waals surface area contributed by atoms with Crippen molar-refractivity contribution in [1.29, 1.82) is 0 Å². The van der Waals surface area contributed by atoms with E-state index in [2.05, 4.69) is 25.4 Å². The molecule has 3 aromatic heterocycles. The Morgan fingerprint density at radius 1 is 1.12 bits per heavy atom. The van der Waals surface area contributed by atoms with Crippen LogP contribution in [0.1, 0.15) is 10.5 Å². The van der Waals surface area contributed by atoms with Crippen LogP contribution in [0.2, 0.25) is 0 Å². The molecule has 0 atom stereocenters. The SMILES string of the molecule is O=C(Nc1cc(-n2ccnc2)ncn1)c1cc(-c2ccccc2)on1. The summed E-state index contributed by atoms with van der Waals surface area (Å²) < 4.78 is 6.95. The van der Waals surface area contributed by atoms with Crippen LogP contribution in [-0.2, 0) is 0 Å². The average Bonchev–Trinajstić information content (AvgIpc) is 3.35. The summed E-state index contributed by atoms with van der Waals surface area (Å²) in [4.78, 5) is 24.5. The molecular formula is C17H12N6O2. The van der Waals surface area contributed by atoms with Gasteiger partial charge >= 0.3 is 0 Å². The Bertz CT molecular complexity index is 995. The first-order valence-electron chi connectivity index (χ1n) is 7.43. The Balaban J connectivity index is 1.53. The maximum atomic E-state index is 12.3. The molecule has 0 unspecified atom stereocenters. The zero-order chi connectivity index (χ0) is 17.1. The Hall–Kier alpha value is -3.81. The maximum Gasteiger partial charge on any atom is 0.279 e. The molecule has 0 radical (unpaired) electrons. The summed E-state index contributed by atoms with van der Waals surface area (Å²) in [5.74, 6) is 1.05. The molecule has 0 saturated carbocycles. The standard InChI is InChI=1S/C17H12N6O2/c24-17(13-8-14(25-22-13)12-4-2-1-3-5-12)21-15-9-16(20-10-19-15)23-7-6-18-11-23/h1-11H,(H,19,20,21,24). The first-order valence-corrected chi connectivity index (χ1v) is 7.43. The third-order valence-electron chi connectivity index (χ3n) is 3.46. The Morgan fingerprint density at radius 3 is 2.80 bits per heavy atom. The van der Waals surface area contributed by atoms with Crippen molar-refractivity contribution in [2.75, 3.05) is 5.32 Å². The van der Waals surface area contributed by atoms with Gasteiger partial charge in [-0.3, -0.25) is 9.36 Å². The normalized spacial score (nSPS) is 10.6. The van der Waals surface area contributed by atoms with Gasteiger partial charge in [-0.05, 0) is 0 Å². The molecule has 0 saturated heterocycles. The van der Waals surface area contributed by atoms with Gasteiger partial charge in [0.1, 0.15) is 24.3 Å².